The van der Waals surface area contributed by atoms with Gasteiger partial charge >= 0.3 is 0 Å². The number of nitrogens with zero attached hydrogens (tertiary/aromatic N) is 7. The number of fused-ring (bicyclic) bond motifs is 4. The van der Waals surface area contributed by atoms with Crippen LogP contribution < -0.4 is 10.2 Å². The van der Waals surface area contributed by atoms with E-state index in [0.717, 1.165) is 28.0 Å². The lowest BCUT2D eigenvalue weighted by atomic mass is 10.0. The summed E-state index contributed by atoms with van der Waals surface area (Å²) in [6, 6.07) is 6.75. The number of piperidine rings is 1. The molecule has 0 unspecified atom stereocenters. The average Bonchev–Trinajstić information content (AvgIpc) is 3.58. The van der Waals surface area contributed by atoms with Crippen LogP contribution >= 0.6 is 0 Å². The Labute approximate surface area is 239 Å². The molecule has 41 heavy (non-hydrogen) atoms. The number of aromatic nitrogens is 4. The van der Waals surface area contributed by atoms with Crippen LogP contribution in [0, 0.1) is 0 Å². The number of carbonyl (C=O) groups excluding carboxylic acids is 1. The topological polar surface area (TPSA) is 111 Å². The Balaban J connectivity index is 1.08. The molecule has 3 saturated heterocycles. The number of halogens is 1. The molecule has 1 atom stereocenters. The van der Waals surface area contributed by atoms with Gasteiger partial charge in [-0.2, -0.15) is 0 Å². The van der Waals surface area contributed by atoms with Gasteiger partial charge in [0, 0.05) is 62.0 Å². The van der Waals surface area contributed by atoms with E-state index in [1.54, 1.807) is 13.1 Å². The first-order chi connectivity index (χ1) is 19.9. The highest BCUT2D eigenvalue weighted by molar-refractivity contribution is 5.90. The number of nitrogens with one attached hydrogen (secondary N) is 1. The molecule has 2 bridgehead atoms. The fourth-order valence-electron chi connectivity index (χ4n) is 6.92. The number of pyridine rings is 2. The summed E-state index contributed by atoms with van der Waals surface area (Å²) in [5.74, 6) is 2.04. The van der Waals surface area contributed by atoms with Crippen molar-refractivity contribution in [2.24, 2.45) is 0 Å². The fourth-order valence-corrected chi connectivity index (χ4v) is 6.92. The molecular formula is C30H37FN8O2. The maximum absolute atomic E-state index is 13.5. The van der Waals surface area contributed by atoms with Gasteiger partial charge in [-0.05, 0) is 63.1 Å². The Hall–Kier alpha value is -3.44. The SMILES string of the molecule is C[C@@H](O)c1cc2cnc(Nc3ccc4c(n3)CCN(C(=O)CN3CCC(F)CC3)C4)nc2c(N2C3CCC2CC3)n1. The normalized spacial score (nSPS) is 23.7. The molecule has 3 fully saturated rings. The van der Waals surface area contributed by atoms with Gasteiger partial charge in [-0.25, -0.2) is 24.3 Å². The average molecular weight is 561 g/mol. The summed E-state index contributed by atoms with van der Waals surface area (Å²) in [6.45, 7) is 4.52. The predicted molar refractivity (Wildman–Crippen MR) is 154 cm³/mol. The molecule has 3 aromatic heterocycles. The van der Waals surface area contributed by atoms with Crippen LogP contribution in [0.4, 0.5) is 22.0 Å². The number of hydrogen-bond donors (Lipinski definition) is 2. The number of aliphatic hydroxyl groups excluding tert-OH is 1. The zero-order valence-electron chi connectivity index (χ0n) is 23.5. The van der Waals surface area contributed by atoms with Gasteiger partial charge in [-0.1, -0.05) is 6.07 Å². The number of amides is 1. The Bertz CT molecular complexity index is 1440. The van der Waals surface area contributed by atoms with E-state index in [2.05, 4.69) is 20.1 Å². The van der Waals surface area contributed by atoms with Crippen LogP contribution in [0.15, 0.2) is 24.4 Å². The number of aliphatic hydroxyl groups is 1. The van der Waals surface area contributed by atoms with Crippen LogP contribution in [0.3, 0.4) is 0 Å². The van der Waals surface area contributed by atoms with Crippen LogP contribution in [0.2, 0.25) is 0 Å². The minimum Gasteiger partial charge on any atom is -0.387 e. The molecule has 7 rings (SSSR count). The van der Waals surface area contributed by atoms with Crippen LogP contribution in [0.1, 0.15) is 68.5 Å². The third-order valence-corrected chi connectivity index (χ3v) is 9.21. The summed E-state index contributed by atoms with van der Waals surface area (Å²) in [6.07, 6.45) is 6.76. The van der Waals surface area contributed by atoms with E-state index in [9.17, 15) is 14.3 Å². The quantitative estimate of drug-likeness (QED) is 0.467. The summed E-state index contributed by atoms with van der Waals surface area (Å²) in [4.78, 5) is 38.4. The number of alkyl halides is 1. The van der Waals surface area contributed by atoms with E-state index >= 15 is 0 Å². The van der Waals surface area contributed by atoms with Gasteiger partial charge in [0.05, 0.1) is 18.3 Å². The van der Waals surface area contributed by atoms with Gasteiger partial charge in [0.25, 0.3) is 0 Å². The first kappa shape index (κ1) is 26.5. The highest BCUT2D eigenvalue weighted by atomic mass is 19.1. The Morgan fingerprint density at radius 1 is 1.07 bits per heavy atom. The number of carbonyl (C=O) groups is 1. The maximum atomic E-state index is 13.5. The first-order valence-corrected chi connectivity index (χ1v) is 15.0. The summed E-state index contributed by atoms with van der Waals surface area (Å²) in [5, 5.41) is 14.4. The Morgan fingerprint density at radius 3 is 2.56 bits per heavy atom. The van der Waals surface area contributed by atoms with E-state index in [4.69, 9.17) is 15.0 Å². The molecule has 11 heteroatoms. The molecule has 0 saturated carbocycles. The summed E-state index contributed by atoms with van der Waals surface area (Å²) in [7, 11) is 0. The molecule has 1 amide bonds. The van der Waals surface area contributed by atoms with Gasteiger partial charge < -0.3 is 20.2 Å². The minimum atomic E-state index is -0.737. The molecule has 2 N–H and O–H groups in total. The molecular weight excluding hydrogens is 523 g/mol. The van der Waals surface area contributed by atoms with Gasteiger partial charge in [0.1, 0.15) is 17.5 Å². The van der Waals surface area contributed by atoms with Crippen molar-refractivity contribution in [3.8, 4) is 0 Å². The van der Waals surface area contributed by atoms with E-state index in [1.807, 2.05) is 23.1 Å². The van der Waals surface area contributed by atoms with E-state index in [1.165, 1.54) is 25.7 Å². The van der Waals surface area contributed by atoms with Gasteiger partial charge in [-0.3, -0.25) is 9.69 Å². The molecule has 0 spiro atoms. The zero-order chi connectivity index (χ0) is 28.1. The molecule has 0 aromatic carbocycles. The van der Waals surface area contributed by atoms with Crippen LogP contribution in [-0.2, 0) is 17.8 Å². The third kappa shape index (κ3) is 5.21. The van der Waals surface area contributed by atoms with Crippen molar-refractivity contribution in [3.05, 3.63) is 41.3 Å². The van der Waals surface area contributed by atoms with Crippen LogP contribution in [0.5, 0.6) is 0 Å². The highest BCUT2D eigenvalue weighted by Gasteiger charge is 2.41. The highest BCUT2D eigenvalue weighted by Crippen LogP contribution is 2.42. The summed E-state index contributed by atoms with van der Waals surface area (Å²) < 4.78 is 13.5. The van der Waals surface area contributed by atoms with Crippen molar-refractivity contribution >= 4 is 34.4 Å². The van der Waals surface area contributed by atoms with Crippen molar-refractivity contribution in [2.45, 2.75) is 82.8 Å². The lowest BCUT2D eigenvalue weighted by molar-refractivity contribution is -0.133. The second-order valence-electron chi connectivity index (χ2n) is 12.0. The van der Waals surface area contributed by atoms with Crippen LogP contribution in [-0.4, -0.2) is 85.2 Å². The lowest BCUT2D eigenvalue weighted by Crippen LogP contribution is -2.45. The van der Waals surface area contributed by atoms with Crippen LogP contribution in [0.25, 0.3) is 10.9 Å². The number of hydrogen-bond acceptors (Lipinski definition) is 9. The standard InChI is InChI=1S/C30H37FN8O2/c1-18(40)25-14-20-15-32-30(36-28(20)29(34-25)39-22-3-4-23(39)6-5-22)35-26-7-2-19-16-38(13-10-24(19)33-26)27(41)17-37-11-8-21(31)9-12-37/h2,7,14-15,18,21-23,40H,3-6,8-13,16-17H2,1H3,(H,32,33,35,36)/t18-,22?,23?/m1/s1. The first-order valence-electron chi connectivity index (χ1n) is 15.0. The molecule has 7 heterocycles. The van der Waals surface area contributed by atoms with E-state index < -0.39 is 12.3 Å². The third-order valence-electron chi connectivity index (χ3n) is 9.21. The smallest absolute Gasteiger partial charge is 0.237 e. The van der Waals surface area contributed by atoms with E-state index in [0.29, 0.717) is 81.5 Å². The monoisotopic (exact) mass is 560 g/mol. The zero-order valence-corrected chi connectivity index (χ0v) is 23.5. The minimum absolute atomic E-state index is 0.0920. The van der Waals surface area contributed by atoms with Gasteiger partial charge in [0.15, 0.2) is 5.82 Å². The molecule has 4 aliphatic heterocycles. The maximum Gasteiger partial charge on any atom is 0.237 e. The largest absolute Gasteiger partial charge is 0.387 e. The second-order valence-corrected chi connectivity index (χ2v) is 12.0. The molecule has 10 nitrogen and oxygen atoms in total. The fraction of sp³-hybridized carbons (Fsp3) is 0.567. The number of rotatable bonds is 6. The predicted octanol–water partition coefficient (Wildman–Crippen LogP) is 3.67. The second kappa shape index (κ2) is 10.8. The summed E-state index contributed by atoms with van der Waals surface area (Å²) >= 11 is 0. The van der Waals surface area contributed by atoms with Gasteiger partial charge in [-0.15, -0.1) is 0 Å². The Morgan fingerprint density at radius 2 is 1.83 bits per heavy atom. The van der Waals surface area contributed by atoms with Crippen molar-refractivity contribution in [1.29, 1.82) is 0 Å². The number of likely N-dealkylation sites (tertiary alicyclic amines) is 1. The van der Waals surface area contributed by atoms with Crippen molar-refractivity contribution in [3.63, 3.8) is 0 Å². The van der Waals surface area contributed by atoms with Gasteiger partial charge in [0.2, 0.25) is 11.9 Å². The molecule has 216 valence electrons. The van der Waals surface area contributed by atoms with Crippen molar-refractivity contribution in [1.82, 2.24) is 29.7 Å². The van der Waals surface area contributed by atoms with Crippen molar-refractivity contribution < 1.29 is 14.3 Å². The number of anilines is 3. The molecule has 4 aliphatic rings. The van der Waals surface area contributed by atoms with E-state index in [-0.39, 0.29) is 5.91 Å². The molecule has 3 aromatic rings. The lowest BCUT2D eigenvalue weighted by Gasteiger charge is -2.33. The summed E-state index contributed by atoms with van der Waals surface area (Å²) in [5.41, 5.74) is 3.43. The molecule has 0 aliphatic carbocycles. The molecule has 0 radical (unpaired) electrons. The van der Waals surface area contributed by atoms with Crippen molar-refractivity contribution in [2.75, 3.05) is 36.4 Å². The Kier molecular flexibility index (Phi) is 6.94.